The zero-order chi connectivity index (χ0) is 28.6. The lowest BCUT2D eigenvalue weighted by molar-refractivity contribution is -0.195. The Kier molecular flexibility index (Phi) is 5.32. The van der Waals surface area contributed by atoms with Gasteiger partial charge in [0, 0.05) is 17.9 Å². The van der Waals surface area contributed by atoms with Gasteiger partial charge in [0.25, 0.3) is 0 Å². The van der Waals surface area contributed by atoms with Crippen LogP contribution in [0, 0.1) is 72.9 Å². The van der Waals surface area contributed by atoms with E-state index in [9.17, 15) is 24.8 Å². The lowest BCUT2D eigenvalue weighted by atomic mass is 9.33. The van der Waals surface area contributed by atoms with Gasteiger partial charge in [-0.3, -0.25) is 14.4 Å². The van der Waals surface area contributed by atoms with Crippen LogP contribution in [0.5, 0.6) is 0 Å². The van der Waals surface area contributed by atoms with Crippen LogP contribution in [-0.4, -0.2) is 36.4 Å². The highest BCUT2D eigenvalue weighted by molar-refractivity contribution is 5.99. The van der Waals surface area contributed by atoms with E-state index in [1.807, 2.05) is 19.9 Å². The van der Waals surface area contributed by atoms with Gasteiger partial charge in [0.15, 0.2) is 11.6 Å². The quantitative estimate of drug-likeness (QED) is 0.473. The number of allylic oxidation sites excluding steroid dienone is 2. The molecule has 6 aliphatic carbocycles. The van der Waals surface area contributed by atoms with Gasteiger partial charge in [0.05, 0.1) is 18.6 Å². The van der Waals surface area contributed by atoms with Crippen LogP contribution in [0.15, 0.2) is 11.6 Å². The Hall–Kier alpha value is -2.00. The number of fused-ring (bicyclic) bond motifs is 9. The standard InChI is InChI=1S/C33H45NO5/c1-27(2)21-8-9-29(4)22(31(21,6)23-16-33(23,17-34)25(27)37)14-20(36)24-19-15-28(3,18-35)10-12-32(19,26(38)39-7)13-11-30(24,29)5/h14,19,21,23-24,35H,8-13,15-16,18H2,1-7H3/t19-,21-,23+,24-,28-,29+,30+,31-,32-,33-/m0/s1. The highest BCUT2D eigenvalue weighted by Crippen LogP contribution is 2.81. The smallest absolute Gasteiger partial charge is 0.312 e. The molecule has 0 spiro atoms. The molecule has 6 nitrogen and oxygen atoms in total. The minimum atomic E-state index is -0.937. The molecule has 5 fully saturated rings. The van der Waals surface area contributed by atoms with Gasteiger partial charge in [-0.1, -0.05) is 47.1 Å². The number of ether oxygens (including phenoxy) is 1. The number of aliphatic hydroxyl groups is 1. The third-order valence-electron chi connectivity index (χ3n) is 14.2. The van der Waals surface area contributed by atoms with Crippen molar-refractivity contribution < 1.29 is 24.2 Å². The van der Waals surface area contributed by atoms with Crippen molar-refractivity contribution in [2.45, 2.75) is 92.9 Å². The summed E-state index contributed by atoms with van der Waals surface area (Å²) in [6.45, 7) is 13.0. The second-order valence-corrected chi connectivity index (χ2v) is 15.9. The second-order valence-electron chi connectivity index (χ2n) is 15.9. The van der Waals surface area contributed by atoms with Crippen LogP contribution >= 0.6 is 0 Å². The Morgan fingerprint density at radius 1 is 1.03 bits per heavy atom. The van der Waals surface area contributed by atoms with Crippen molar-refractivity contribution >= 4 is 17.5 Å². The van der Waals surface area contributed by atoms with Crippen LogP contribution in [0.3, 0.4) is 0 Å². The summed E-state index contributed by atoms with van der Waals surface area (Å²) >= 11 is 0. The molecule has 0 aromatic carbocycles. The molecule has 1 N–H and O–H groups in total. The minimum Gasteiger partial charge on any atom is -0.469 e. The molecule has 6 aliphatic rings. The average Bonchev–Trinajstić information content (AvgIpc) is 3.66. The van der Waals surface area contributed by atoms with Crippen LogP contribution in [0.2, 0.25) is 0 Å². The minimum absolute atomic E-state index is 0.0392. The van der Waals surface area contributed by atoms with Gasteiger partial charge < -0.3 is 9.84 Å². The molecule has 5 saturated carbocycles. The number of esters is 1. The first-order valence-corrected chi connectivity index (χ1v) is 15.0. The van der Waals surface area contributed by atoms with Gasteiger partial charge in [-0.2, -0.15) is 5.26 Å². The maximum absolute atomic E-state index is 14.5. The summed E-state index contributed by atoms with van der Waals surface area (Å²) in [4.78, 5) is 41.6. The third-order valence-corrected chi connectivity index (χ3v) is 14.2. The molecule has 0 radical (unpaired) electrons. The van der Waals surface area contributed by atoms with Crippen LogP contribution in [0.1, 0.15) is 92.9 Å². The number of aliphatic hydroxyl groups excluding tert-OH is 1. The molecular formula is C33H45NO5. The lowest BCUT2D eigenvalue weighted by Crippen LogP contribution is -2.67. The van der Waals surface area contributed by atoms with E-state index in [1.165, 1.54) is 7.11 Å². The van der Waals surface area contributed by atoms with Gasteiger partial charge >= 0.3 is 5.97 Å². The van der Waals surface area contributed by atoms with Gasteiger partial charge in [-0.05, 0) is 96.9 Å². The largest absolute Gasteiger partial charge is 0.469 e. The molecule has 0 aromatic heterocycles. The topological polar surface area (TPSA) is 104 Å². The van der Waals surface area contributed by atoms with Gasteiger partial charge in [-0.25, -0.2) is 0 Å². The van der Waals surface area contributed by atoms with Crippen molar-refractivity contribution in [1.29, 1.82) is 5.26 Å². The van der Waals surface area contributed by atoms with Crippen molar-refractivity contribution in [2.24, 2.45) is 61.6 Å². The third kappa shape index (κ3) is 2.84. The molecule has 0 heterocycles. The first kappa shape index (κ1) is 27.2. The fraction of sp³-hybridized carbons (Fsp3) is 0.818. The maximum atomic E-state index is 14.5. The summed E-state index contributed by atoms with van der Waals surface area (Å²) in [5.74, 6) is -0.513. The molecule has 10 atom stereocenters. The van der Waals surface area contributed by atoms with Gasteiger partial charge in [-0.15, -0.1) is 0 Å². The number of nitriles is 1. The van der Waals surface area contributed by atoms with Crippen molar-refractivity contribution in [3.8, 4) is 6.07 Å². The van der Waals surface area contributed by atoms with E-state index >= 15 is 0 Å². The number of methoxy groups -OCH3 is 1. The van der Waals surface area contributed by atoms with Crippen LogP contribution in [0.25, 0.3) is 0 Å². The first-order valence-electron chi connectivity index (χ1n) is 15.0. The predicted molar refractivity (Wildman–Crippen MR) is 145 cm³/mol. The number of Topliss-reactive ketones (excluding diaryl/α,β-unsaturated/α-hetero) is 1. The Labute approximate surface area is 232 Å². The maximum Gasteiger partial charge on any atom is 0.312 e. The summed E-state index contributed by atoms with van der Waals surface area (Å²) in [5.41, 5.74) is -2.48. The highest BCUT2D eigenvalue weighted by atomic mass is 16.5. The molecule has 0 amide bonds. The lowest BCUT2D eigenvalue weighted by Gasteiger charge is -2.69. The van der Waals surface area contributed by atoms with Gasteiger partial charge in [0.1, 0.15) is 5.41 Å². The fourth-order valence-corrected chi connectivity index (χ4v) is 11.7. The van der Waals surface area contributed by atoms with Crippen molar-refractivity contribution in [3.05, 3.63) is 11.6 Å². The summed E-state index contributed by atoms with van der Waals surface area (Å²) in [6.07, 6.45) is 7.73. The monoisotopic (exact) mass is 535 g/mol. The molecular weight excluding hydrogens is 490 g/mol. The molecule has 6 rings (SSSR count). The summed E-state index contributed by atoms with van der Waals surface area (Å²) in [5, 5.41) is 20.6. The molecule has 0 aromatic rings. The van der Waals surface area contributed by atoms with E-state index in [2.05, 4.69) is 33.8 Å². The van der Waals surface area contributed by atoms with E-state index in [0.717, 1.165) is 31.3 Å². The van der Waals surface area contributed by atoms with Gasteiger partial charge in [0.2, 0.25) is 0 Å². The fourth-order valence-electron chi connectivity index (χ4n) is 11.7. The zero-order valence-electron chi connectivity index (χ0n) is 24.8. The Bertz CT molecular complexity index is 1260. The van der Waals surface area contributed by atoms with Crippen LogP contribution < -0.4 is 0 Å². The molecule has 212 valence electrons. The number of hydrogen-bond acceptors (Lipinski definition) is 6. The normalized spacial score (nSPS) is 53.1. The van der Waals surface area contributed by atoms with E-state index < -0.39 is 21.7 Å². The summed E-state index contributed by atoms with van der Waals surface area (Å²) in [6, 6.07) is 2.44. The van der Waals surface area contributed by atoms with E-state index in [4.69, 9.17) is 4.74 Å². The van der Waals surface area contributed by atoms with E-state index in [1.54, 1.807) is 0 Å². The number of rotatable bonds is 2. The molecule has 0 bridgehead atoms. The Balaban J connectivity index is 1.52. The first-order chi connectivity index (χ1) is 18.1. The summed E-state index contributed by atoms with van der Waals surface area (Å²) in [7, 11) is 1.45. The number of carbonyl (C=O) groups excluding carboxylic acids is 3. The molecule has 0 saturated heterocycles. The van der Waals surface area contributed by atoms with E-state index in [0.29, 0.717) is 25.7 Å². The predicted octanol–water partition coefficient (Wildman–Crippen LogP) is 5.43. The zero-order valence-corrected chi connectivity index (χ0v) is 24.8. The van der Waals surface area contributed by atoms with E-state index in [-0.39, 0.29) is 64.1 Å². The number of hydrogen-bond donors (Lipinski definition) is 1. The second kappa shape index (κ2) is 7.64. The van der Waals surface area contributed by atoms with Crippen molar-refractivity contribution in [2.75, 3.05) is 13.7 Å². The SMILES string of the molecule is COC(=O)[C@]12CC[C@](C)(CO)C[C@H]1[C@H]1C(=O)C=C3[C@@]4(C)[C@H]5C[C@@]5(C#N)C(=O)C(C)(C)[C@@H]4CC[C@@]3(C)[C@]1(C)CC2. The number of nitrogens with zero attached hydrogens (tertiary/aromatic N) is 1. The molecule has 6 heteroatoms. The number of carbonyl (C=O) groups is 3. The van der Waals surface area contributed by atoms with Crippen molar-refractivity contribution in [1.82, 2.24) is 0 Å². The Morgan fingerprint density at radius 2 is 1.69 bits per heavy atom. The molecule has 0 aliphatic heterocycles. The summed E-state index contributed by atoms with van der Waals surface area (Å²) < 4.78 is 5.40. The highest BCUT2D eigenvalue weighted by Gasteiger charge is 2.80. The number of ketones is 2. The van der Waals surface area contributed by atoms with Crippen LogP contribution in [0.4, 0.5) is 0 Å². The molecule has 39 heavy (non-hydrogen) atoms. The Morgan fingerprint density at radius 3 is 2.31 bits per heavy atom. The average molecular weight is 536 g/mol. The molecule has 0 unspecified atom stereocenters. The van der Waals surface area contributed by atoms with Crippen LogP contribution in [-0.2, 0) is 19.1 Å². The van der Waals surface area contributed by atoms with Crippen molar-refractivity contribution in [3.63, 3.8) is 0 Å².